The number of rotatable bonds is 3. The molecule has 0 atom stereocenters. The molecule has 3 nitrogen and oxygen atoms in total. The summed E-state index contributed by atoms with van der Waals surface area (Å²) in [7, 11) is 0. The largest absolute Gasteiger partial charge is 0.508 e. The number of aryl methyl sites for hydroxylation is 1. The Morgan fingerprint density at radius 1 is 1.44 bits per heavy atom. The molecule has 0 saturated carbocycles. The third-order valence-electron chi connectivity index (χ3n) is 2.82. The van der Waals surface area contributed by atoms with Gasteiger partial charge in [-0.1, -0.05) is 12.1 Å². The normalized spacial score (nSPS) is 11.1. The number of nitrogens with zero attached hydrogens (tertiary/aromatic N) is 1. The van der Waals surface area contributed by atoms with Crippen LogP contribution in [0.25, 0.3) is 0 Å². The predicted octanol–water partition coefficient (Wildman–Crippen LogP) is 3.13. The van der Waals surface area contributed by atoms with E-state index in [-0.39, 0.29) is 17.2 Å². The lowest BCUT2D eigenvalue weighted by molar-refractivity contribution is 0.0616. The molecule has 0 aromatic heterocycles. The fraction of sp³-hybridized carbons (Fsp3) is 0.400. The number of hydrogen-bond acceptors (Lipinski definition) is 2. The summed E-state index contributed by atoms with van der Waals surface area (Å²) in [6.45, 7) is 11.9. The number of hydrogen-bond donors (Lipinski definition) is 1. The monoisotopic (exact) mass is 247 g/mol. The summed E-state index contributed by atoms with van der Waals surface area (Å²) < 4.78 is 0. The van der Waals surface area contributed by atoms with Crippen LogP contribution in [0.2, 0.25) is 0 Å². The van der Waals surface area contributed by atoms with Crippen molar-refractivity contribution in [3.63, 3.8) is 0 Å². The Balaban J connectivity index is 3.09. The van der Waals surface area contributed by atoms with Crippen LogP contribution in [0.1, 0.15) is 36.7 Å². The fourth-order valence-electron chi connectivity index (χ4n) is 1.69. The maximum absolute atomic E-state index is 12.4. The number of aromatic hydroxyl groups is 1. The molecule has 18 heavy (non-hydrogen) atoms. The van der Waals surface area contributed by atoms with E-state index >= 15 is 0 Å². The van der Waals surface area contributed by atoms with Gasteiger partial charge in [-0.25, -0.2) is 0 Å². The number of phenols is 1. The maximum atomic E-state index is 12.4. The molecule has 1 aromatic carbocycles. The van der Waals surface area contributed by atoms with Gasteiger partial charge in [0.1, 0.15) is 5.75 Å². The van der Waals surface area contributed by atoms with Gasteiger partial charge in [0.15, 0.2) is 0 Å². The van der Waals surface area contributed by atoms with Crippen molar-refractivity contribution in [3.05, 3.63) is 42.0 Å². The molecule has 1 rings (SSSR count). The zero-order chi connectivity index (χ0) is 13.9. The number of phenolic OH excluding ortho intramolecular Hbond substituents is 1. The minimum absolute atomic E-state index is 0.0994. The number of amides is 1. The molecule has 0 saturated heterocycles. The summed E-state index contributed by atoms with van der Waals surface area (Å²) in [6.07, 6.45) is 1.71. The molecule has 0 fully saturated rings. The van der Waals surface area contributed by atoms with E-state index in [9.17, 15) is 9.90 Å². The predicted molar refractivity (Wildman–Crippen MR) is 73.8 cm³/mol. The second kappa shape index (κ2) is 5.25. The number of benzene rings is 1. The van der Waals surface area contributed by atoms with Crippen molar-refractivity contribution in [2.75, 3.05) is 6.54 Å². The lowest BCUT2D eigenvalue weighted by Crippen LogP contribution is -2.45. The first-order chi connectivity index (χ1) is 8.27. The Morgan fingerprint density at radius 2 is 2.06 bits per heavy atom. The van der Waals surface area contributed by atoms with Crippen LogP contribution < -0.4 is 0 Å². The van der Waals surface area contributed by atoms with Crippen molar-refractivity contribution in [1.29, 1.82) is 0 Å². The molecule has 0 unspecified atom stereocenters. The highest BCUT2D eigenvalue weighted by atomic mass is 16.3. The molecule has 1 aromatic rings. The quantitative estimate of drug-likeness (QED) is 0.834. The highest BCUT2D eigenvalue weighted by molar-refractivity contribution is 5.95. The van der Waals surface area contributed by atoms with Crippen molar-refractivity contribution in [3.8, 4) is 5.75 Å². The Bertz CT molecular complexity index is 458. The van der Waals surface area contributed by atoms with Crippen molar-refractivity contribution in [2.24, 2.45) is 0 Å². The van der Waals surface area contributed by atoms with Gasteiger partial charge in [-0.3, -0.25) is 4.79 Å². The number of carbonyl (C=O) groups excluding carboxylic acids is 1. The van der Waals surface area contributed by atoms with E-state index in [1.54, 1.807) is 30.0 Å². The minimum Gasteiger partial charge on any atom is -0.508 e. The lowest BCUT2D eigenvalue weighted by atomic mass is 10.0. The van der Waals surface area contributed by atoms with Gasteiger partial charge in [0, 0.05) is 17.6 Å². The van der Waals surface area contributed by atoms with Crippen LogP contribution >= 0.6 is 0 Å². The molecule has 0 spiro atoms. The van der Waals surface area contributed by atoms with E-state index in [1.165, 1.54) is 6.07 Å². The molecular weight excluding hydrogens is 226 g/mol. The fourth-order valence-corrected chi connectivity index (χ4v) is 1.69. The zero-order valence-electron chi connectivity index (χ0n) is 11.5. The van der Waals surface area contributed by atoms with Crippen LogP contribution in [-0.4, -0.2) is 28.0 Å². The van der Waals surface area contributed by atoms with Gasteiger partial charge < -0.3 is 10.0 Å². The van der Waals surface area contributed by atoms with Crippen molar-refractivity contribution in [2.45, 2.75) is 33.2 Å². The van der Waals surface area contributed by atoms with Gasteiger partial charge in [0.25, 0.3) is 5.91 Å². The Labute approximate surface area is 109 Å². The van der Waals surface area contributed by atoms with Crippen LogP contribution in [0.15, 0.2) is 30.9 Å². The maximum Gasteiger partial charge on any atom is 0.254 e. The third-order valence-corrected chi connectivity index (χ3v) is 2.82. The van der Waals surface area contributed by atoms with Crippen LogP contribution in [0.3, 0.4) is 0 Å². The van der Waals surface area contributed by atoms with Gasteiger partial charge in [-0.05, 0) is 45.4 Å². The highest BCUT2D eigenvalue weighted by Gasteiger charge is 2.26. The standard InChI is InChI=1S/C15H21NO2/c1-6-9-16(15(3,4)5)14(18)12-8-7-11(2)13(17)10-12/h6-8,10,17H,1,9H2,2-5H3. The van der Waals surface area contributed by atoms with E-state index in [1.807, 2.05) is 20.8 Å². The van der Waals surface area contributed by atoms with Gasteiger partial charge in [0.05, 0.1) is 0 Å². The Kier molecular flexibility index (Phi) is 4.17. The molecule has 0 aliphatic carbocycles. The SMILES string of the molecule is C=CCN(C(=O)c1ccc(C)c(O)c1)C(C)(C)C. The van der Waals surface area contributed by atoms with Gasteiger partial charge in [0.2, 0.25) is 0 Å². The van der Waals surface area contributed by atoms with Crippen LogP contribution in [-0.2, 0) is 0 Å². The molecule has 0 bridgehead atoms. The molecule has 0 aliphatic heterocycles. The first-order valence-electron chi connectivity index (χ1n) is 6.00. The van der Waals surface area contributed by atoms with E-state index < -0.39 is 0 Å². The van der Waals surface area contributed by atoms with Gasteiger partial charge >= 0.3 is 0 Å². The average Bonchev–Trinajstić information content (AvgIpc) is 2.27. The van der Waals surface area contributed by atoms with Crippen LogP contribution in [0, 0.1) is 6.92 Å². The van der Waals surface area contributed by atoms with E-state index in [0.29, 0.717) is 12.1 Å². The van der Waals surface area contributed by atoms with Crippen LogP contribution in [0.4, 0.5) is 0 Å². The second-order valence-corrected chi connectivity index (χ2v) is 5.38. The summed E-state index contributed by atoms with van der Waals surface area (Å²) >= 11 is 0. The highest BCUT2D eigenvalue weighted by Crippen LogP contribution is 2.22. The Morgan fingerprint density at radius 3 is 2.50 bits per heavy atom. The molecule has 0 aliphatic rings. The molecule has 1 amide bonds. The summed E-state index contributed by atoms with van der Waals surface area (Å²) in [4.78, 5) is 14.1. The average molecular weight is 247 g/mol. The van der Waals surface area contributed by atoms with E-state index in [4.69, 9.17) is 0 Å². The first kappa shape index (κ1) is 14.3. The summed E-state index contributed by atoms with van der Waals surface area (Å²) in [5.41, 5.74) is 0.971. The lowest BCUT2D eigenvalue weighted by Gasteiger charge is -2.35. The molecule has 0 heterocycles. The van der Waals surface area contributed by atoms with Crippen LogP contribution in [0.5, 0.6) is 5.75 Å². The zero-order valence-corrected chi connectivity index (χ0v) is 11.5. The molecule has 1 N–H and O–H groups in total. The third kappa shape index (κ3) is 3.13. The topological polar surface area (TPSA) is 40.5 Å². The van der Waals surface area contributed by atoms with E-state index in [2.05, 4.69) is 6.58 Å². The smallest absolute Gasteiger partial charge is 0.254 e. The van der Waals surface area contributed by atoms with E-state index in [0.717, 1.165) is 5.56 Å². The minimum atomic E-state index is -0.286. The second-order valence-electron chi connectivity index (χ2n) is 5.38. The summed E-state index contributed by atoms with van der Waals surface area (Å²) in [6, 6.07) is 5.00. The molecular formula is C15H21NO2. The molecule has 3 heteroatoms. The van der Waals surface area contributed by atoms with Gasteiger partial charge in [-0.2, -0.15) is 0 Å². The van der Waals surface area contributed by atoms with Crippen molar-refractivity contribution in [1.82, 2.24) is 4.90 Å². The van der Waals surface area contributed by atoms with Gasteiger partial charge in [-0.15, -0.1) is 6.58 Å². The summed E-state index contributed by atoms with van der Waals surface area (Å²) in [5.74, 6) is 0.0472. The first-order valence-corrected chi connectivity index (χ1v) is 6.00. The Hall–Kier alpha value is -1.77. The van der Waals surface area contributed by atoms with Crippen molar-refractivity contribution >= 4 is 5.91 Å². The molecule has 98 valence electrons. The summed E-state index contributed by atoms with van der Waals surface area (Å²) in [5, 5.41) is 9.67. The molecule has 0 radical (unpaired) electrons. The van der Waals surface area contributed by atoms with Crippen molar-refractivity contribution < 1.29 is 9.90 Å². The number of carbonyl (C=O) groups is 1.